The molecule has 3 aromatic carbocycles. The monoisotopic (exact) mass is 601 g/mol. The van der Waals surface area contributed by atoms with E-state index in [1.54, 1.807) is 0 Å². The van der Waals surface area contributed by atoms with E-state index in [1.165, 1.54) is 36.4 Å². The maximum absolute atomic E-state index is 14.1. The van der Waals surface area contributed by atoms with Gasteiger partial charge in [-0.1, -0.05) is 46.3 Å². The molecule has 0 saturated carbocycles. The minimum Gasteiger partial charge on any atom is -0.454 e. The van der Waals surface area contributed by atoms with Crippen molar-refractivity contribution in [3.63, 3.8) is 0 Å². The summed E-state index contributed by atoms with van der Waals surface area (Å²) < 4.78 is 125. The van der Waals surface area contributed by atoms with Gasteiger partial charge in [0.2, 0.25) is 0 Å². The summed E-state index contributed by atoms with van der Waals surface area (Å²) in [7, 11) is 0. The Bertz CT molecular complexity index is 1230. The lowest BCUT2D eigenvalue weighted by molar-refractivity contribution is -0.289. The first kappa shape index (κ1) is 28.8. The minimum atomic E-state index is -5.91. The van der Waals surface area contributed by atoms with E-state index in [1.807, 2.05) is 0 Å². The van der Waals surface area contributed by atoms with Crippen LogP contribution in [0.25, 0.3) is 0 Å². The predicted octanol–water partition coefficient (Wildman–Crippen LogP) is 7.64. The fourth-order valence-corrected chi connectivity index (χ4v) is 3.63. The Morgan fingerprint density at radius 2 is 1.46 bits per heavy atom. The van der Waals surface area contributed by atoms with Crippen molar-refractivity contribution < 1.29 is 49.4 Å². The molecule has 0 aliphatic heterocycles. The highest BCUT2D eigenvalue weighted by atomic mass is 79.9. The number of alkyl halides is 8. The van der Waals surface area contributed by atoms with Crippen LogP contribution in [0.15, 0.2) is 71.2 Å². The van der Waals surface area contributed by atoms with Crippen LogP contribution in [0.4, 0.5) is 39.5 Å². The van der Waals surface area contributed by atoms with Crippen molar-refractivity contribution in [1.82, 2.24) is 5.32 Å². The molecular formula is C24H17BrF9NO2. The van der Waals surface area contributed by atoms with E-state index < -0.39 is 48.3 Å². The van der Waals surface area contributed by atoms with Crippen LogP contribution in [0.2, 0.25) is 0 Å². The number of hydrogen-bond acceptors (Lipinski definition) is 3. The number of aliphatic hydroxyl groups is 1. The number of nitrogens with one attached hydrogen (secondary N) is 1. The zero-order valence-electron chi connectivity index (χ0n) is 18.3. The summed E-state index contributed by atoms with van der Waals surface area (Å²) in [6.45, 7) is -1.11. The number of halogens is 10. The van der Waals surface area contributed by atoms with Crippen molar-refractivity contribution in [1.29, 1.82) is 0 Å². The van der Waals surface area contributed by atoms with Gasteiger partial charge in [-0.25, -0.2) is 4.39 Å². The van der Waals surface area contributed by atoms with E-state index in [0.717, 1.165) is 18.2 Å². The highest BCUT2D eigenvalue weighted by molar-refractivity contribution is 9.10. The molecule has 0 aliphatic rings. The molecule has 3 aromatic rings. The van der Waals surface area contributed by atoms with Crippen LogP contribution in [-0.4, -0.2) is 30.1 Å². The number of ether oxygens (including phenoxy) is 1. The molecule has 0 radical (unpaired) electrons. The smallest absolute Gasteiger partial charge is 0.454 e. The normalized spacial score (nSPS) is 14.4. The van der Waals surface area contributed by atoms with Gasteiger partial charge < -0.3 is 15.2 Å². The van der Waals surface area contributed by atoms with E-state index in [9.17, 15) is 44.6 Å². The van der Waals surface area contributed by atoms with Gasteiger partial charge in [-0.05, 0) is 47.5 Å². The van der Waals surface area contributed by atoms with Crippen LogP contribution in [0.3, 0.4) is 0 Å². The van der Waals surface area contributed by atoms with Crippen LogP contribution >= 0.6 is 15.9 Å². The molecule has 0 aliphatic carbocycles. The molecule has 2 atom stereocenters. The molecule has 0 amide bonds. The molecule has 0 bridgehead atoms. The second kappa shape index (κ2) is 10.9. The topological polar surface area (TPSA) is 41.5 Å². The van der Waals surface area contributed by atoms with Gasteiger partial charge in [0, 0.05) is 16.6 Å². The molecule has 2 N–H and O–H groups in total. The summed E-state index contributed by atoms with van der Waals surface area (Å²) in [6.07, 6.45) is -13.8. The van der Waals surface area contributed by atoms with Crippen molar-refractivity contribution in [3.8, 4) is 11.5 Å². The van der Waals surface area contributed by atoms with Crippen LogP contribution in [-0.2, 0) is 5.92 Å². The third kappa shape index (κ3) is 6.96. The van der Waals surface area contributed by atoms with Crippen LogP contribution < -0.4 is 10.1 Å². The average molecular weight is 602 g/mol. The van der Waals surface area contributed by atoms with Crippen molar-refractivity contribution in [2.75, 3.05) is 6.54 Å². The molecule has 13 heteroatoms. The number of hydrogen-bond donors (Lipinski definition) is 2. The van der Waals surface area contributed by atoms with Crippen LogP contribution in [0.5, 0.6) is 11.5 Å². The lowest BCUT2D eigenvalue weighted by Gasteiger charge is -2.25. The van der Waals surface area contributed by atoms with Gasteiger partial charge in [-0.15, -0.1) is 0 Å². The summed E-state index contributed by atoms with van der Waals surface area (Å²) in [6, 6.07) is 10.8. The molecule has 3 rings (SSSR count). The third-order valence-corrected chi connectivity index (χ3v) is 5.64. The second-order valence-corrected chi connectivity index (χ2v) is 8.76. The van der Waals surface area contributed by atoms with E-state index >= 15 is 0 Å². The third-order valence-electron chi connectivity index (χ3n) is 5.14. The highest BCUT2D eigenvalue weighted by Crippen LogP contribution is 2.44. The Morgan fingerprint density at radius 1 is 0.838 bits per heavy atom. The zero-order chi connectivity index (χ0) is 27.6. The van der Waals surface area contributed by atoms with Crippen LogP contribution in [0.1, 0.15) is 22.7 Å². The summed E-state index contributed by atoms with van der Waals surface area (Å²) in [4.78, 5) is 0. The quantitative estimate of drug-likeness (QED) is 0.261. The molecule has 0 spiro atoms. The first-order chi connectivity index (χ1) is 17.1. The van der Waals surface area contributed by atoms with Gasteiger partial charge in [0.1, 0.15) is 5.75 Å². The average Bonchev–Trinajstić information content (AvgIpc) is 2.80. The van der Waals surface area contributed by atoms with Crippen molar-refractivity contribution in [3.05, 3.63) is 93.7 Å². The summed E-state index contributed by atoms with van der Waals surface area (Å²) >= 11 is 3.15. The minimum absolute atomic E-state index is 0.00514. The highest BCUT2D eigenvalue weighted by Gasteiger charge is 2.58. The number of benzene rings is 3. The summed E-state index contributed by atoms with van der Waals surface area (Å²) in [5.41, 5.74) is -1.60. The second-order valence-electron chi connectivity index (χ2n) is 7.85. The van der Waals surface area contributed by atoms with Gasteiger partial charge >= 0.3 is 18.3 Å². The Balaban J connectivity index is 2.02. The Labute approximate surface area is 213 Å². The zero-order valence-corrected chi connectivity index (χ0v) is 19.9. The van der Waals surface area contributed by atoms with Crippen molar-refractivity contribution >= 4 is 15.9 Å². The first-order valence-corrected chi connectivity index (χ1v) is 11.1. The Hall–Kier alpha value is -2.77. The van der Waals surface area contributed by atoms with E-state index in [4.69, 9.17) is 4.74 Å². The van der Waals surface area contributed by atoms with E-state index in [2.05, 4.69) is 21.2 Å². The van der Waals surface area contributed by atoms with Crippen molar-refractivity contribution in [2.24, 2.45) is 0 Å². The Morgan fingerprint density at radius 3 is 2.08 bits per heavy atom. The van der Waals surface area contributed by atoms with Crippen LogP contribution in [0, 0.1) is 5.82 Å². The Kier molecular flexibility index (Phi) is 8.50. The molecule has 200 valence electrons. The maximum Gasteiger partial charge on any atom is 0.458 e. The molecular weight excluding hydrogens is 585 g/mol. The largest absolute Gasteiger partial charge is 0.458 e. The molecule has 0 heterocycles. The van der Waals surface area contributed by atoms with Gasteiger partial charge in [-0.2, -0.15) is 35.1 Å². The molecule has 0 aromatic heterocycles. The summed E-state index contributed by atoms with van der Waals surface area (Å²) in [5.74, 6) is -6.19. The fourth-order valence-electron chi connectivity index (χ4n) is 3.29. The van der Waals surface area contributed by atoms with Gasteiger partial charge in [-0.3, -0.25) is 0 Å². The van der Waals surface area contributed by atoms with Crippen molar-refractivity contribution in [2.45, 2.75) is 30.4 Å². The fraction of sp³-hybridized carbons (Fsp3) is 0.250. The molecule has 37 heavy (non-hydrogen) atoms. The molecule has 2 unspecified atom stereocenters. The molecule has 0 saturated heterocycles. The lowest BCUT2D eigenvalue weighted by Crippen LogP contribution is -2.40. The SMILES string of the molecule is OC(CNC(c1cccc(Oc2cc(Br)ccc2F)c1)c1cccc(C(F)(F)C(F)(F)F)c1)C(F)(F)F. The summed E-state index contributed by atoms with van der Waals surface area (Å²) in [5, 5.41) is 11.8. The molecule has 0 fully saturated rings. The van der Waals surface area contributed by atoms with E-state index in [0.29, 0.717) is 16.6 Å². The molecule has 3 nitrogen and oxygen atoms in total. The number of aliphatic hydroxyl groups excluding tert-OH is 1. The van der Waals surface area contributed by atoms with Gasteiger partial charge in [0.05, 0.1) is 6.04 Å². The first-order valence-electron chi connectivity index (χ1n) is 10.4. The van der Waals surface area contributed by atoms with Gasteiger partial charge in [0.15, 0.2) is 17.7 Å². The standard InChI is InChI=1S/C24H17BrF9NO2/c25-16-7-8-18(26)19(11-16)37-17-6-2-4-14(10-17)21(35-12-20(36)23(29,30)31)13-3-1-5-15(9-13)22(27,28)24(32,33)34/h1-11,20-21,35-36H,12H2. The lowest BCUT2D eigenvalue weighted by atomic mass is 9.95. The predicted molar refractivity (Wildman–Crippen MR) is 119 cm³/mol. The van der Waals surface area contributed by atoms with E-state index in [-0.39, 0.29) is 22.6 Å². The van der Waals surface area contributed by atoms with Gasteiger partial charge in [0.25, 0.3) is 0 Å². The maximum atomic E-state index is 14.1. The number of rotatable bonds is 8.